The molecule has 0 radical (unpaired) electrons. The van der Waals surface area contributed by atoms with E-state index in [0.29, 0.717) is 17.9 Å². The Morgan fingerprint density at radius 3 is 2.10 bits per heavy atom. The van der Waals surface area contributed by atoms with Crippen LogP contribution in [-0.4, -0.2) is 24.2 Å². The Balaban J connectivity index is 1.39. The third kappa shape index (κ3) is 3.80. The van der Waals surface area contributed by atoms with E-state index in [1.807, 2.05) is 0 Å². The van der Waals surface area contributed by atoms with E-state index in [4.69, 9.17) is 5.11 Å². The van der Waals surface area contributed by atoms with Crippen LogP contribution in [0.2, 0.25) is 0 Å². The van der Waals surface area contributed by atoms with Crippen molar-refractivity contribution in [3.05, 3.63) is 0 Å². The largest absolute Gasteiger partial charge is 0.396 e. The van der Waals surface area contributed by atoms with E-state index in [1.165, 1.54) is 38.5 Å². The monoisotopic (exact) mass is 293 g/mol. The van der Waals surface area contributed by atoms with E-state index >= 15 is 0 Å². The lowest BCUT2D eigenvalue weighted by molar-refractivity contribution is -0.129. The van der Waals surface area contributed by atoms with Gasteiger partial charge in [0.25, 0.3) is 0 Å². The van der Waals surface area contributed by atoms with Crippen molar-refractivity contribution in [3.63, 3.8) is 0 Å². The molecule has 4 aliphatic carbocycles. The van der Waals surface area contributed by atoms with Gasteiger partial charge in [-0.15, -0.1) is 0 Å². The highest BCUT2D eigenvalue weighted by Gasteiger charge is 2.51. The number of rotatable bonds is 8. The van der Waals surface area contributed by atoms with E-state index in [2.05, 4.69) is 5.32 Å². The molecule has 4 saturated carbocycles. The summed E-state index contributed by atoms with van der Waals surface area (Å²) in [5.74, 6) is 3.09. The SMILES string of the molecule is O=C(CC12CC3CC(CC(C3)C1)C2)NCCCCCCO. The van der Waals surface area contributed by atoms with Crippen LogP contribution >= 0.6 is 0 Å². The van der Waals surface area contributed by atoms with Gasteiger partial charge < -0.3 is 10.4 Å². The second-order valence-electron chi connectivity index (χ2n) is 8.08. The van der Waals surface area contributed by atoms with Gasteiger partial charge >= 0.3 is 0 Å². The number of hydrogen-bond donors (Lipinski definition) is 2. The van der Waals surface area contributed by atoms with Gasteiger partial charge in [0.2, 0.25) is 5.91 Å². The molecule has 0 aromatic heterocycles. The summed E-state index contributed by atoms with van der Waals surface area (Å²) >= 11 is 0. The second kappa shape index (κ2) is 6.68. The highest BCUT2D eigenvalue weighted by atomic mass is 16.2. The number of carbonyl (C=O) groups excluding carboxylic acids is 1. The number of unbranched alkanes of at least 4 members (excludes halogenated alkanes) is 3. The molecule has 4 aliphatic rings. The number of aliphatic hydroxyl groups excluding tert-OH is 1. The summed E-state index contributed by atoms with van der Waals surface area (Å²) in [5, 5.41) is 11.9. The average Bonchev–Trinajstić information content (AvgIpc) is 2.40. The Kier molecular flexibility index (Phi) is 4.88. The zero-order valence-corrected chi connectivity index (χ0v) is 13.3. The van der Waals surface area contributed by atoms with Gasteiger partial charge in [0.05, 0.1) is 0 Å². The van der Waals surface area contributed by atoms with Crippen LogP contribution in [0, 0.1) is 23.2 Å². The van der Waals surface area contributed by atoms with Crippen molar-refractivity contribution in [3.8, 4) is 0 Å². The molecular weight excluding hydrogens is 262 g/mol. The van der Waals surface area contributed by atoms with Crippen LogP contribution in [-0.2, 0) is 4.79 Å². The molecule has 4 bridgehead atoms. The Labute approximate surface area is 128 Å². The molecule has 0 atom stereocenters. The van der Waals surface area contributed by atoms with Crippen molar-refractivity contribution >= 4 is 5.91 Å². The summed E-state index contributed by atoms with van der Waals surface area (Å²) < 4.78 is 0. The first-order valence-electron chi connectivity index (χ1n) is 9.07. The van der Waals surface area contributed by atoms with E-state index in [9.17, 15) is 4.79 Å². The normalized spacial score (nSPS) is 36.9. The van der Waals surface area contributed by atoms with Gasteiger partial charge in [-0.25, -0.2) is 0 Å². The first-order valence-corrected chi connectivity index (χ1v) is 9.07. The maximum Gasteiger partial charge on any atom is 0.220 e. The zero-order chi connectivity index (χ0) is 14.7. The molecule has 3 nitrogen and oxygen atoms in total. The molecule has 0 saturated heterocycles. The predicted octanol–water partition coefficient (Wildman–Crippen LogP) is 3.26. The van der Waals surface area contributed by atoms with Gasteiger partial charge in [-0.2, -0.15) is 0 Å². The van der Waals surface area contributed by atoms with Gasteiger partial charge in [-0.3, -0.25) is 4.79 Å². The van der Waals surface area contributed by atoms with Crippen LogP contribution in [0.1, 0.15) is 70.6 Å². The predicted molar refractivity (Wildman–Crippen MR) is 83.8 cm³/mol. The number of aliphatic hydroxyl groups is 1. The van der Waals surface area contributed by atoms with Crippen molar-refractivity contribution in [2.75, 3.05) is 13.2 Å². The number of amides is 1. The molecule has 2 N–H and O–H groups in total. The summed E-state index contributed by atoms with van der Waals surface area (Å²) in [5.41, 5.74) is 0.371. The average molecular weight is 293 g/mol. The standard InChI is InChI=1S/C18H31NO2/c20-6-4-2-1-3-5-19-17(21)13-18-10-14-7-15(11-18)9-16(8-14)12-18/h14-16,20H,1-13H2,(H,19,21). The van der Waals surface area contributed by atoms with Gasteiger partial charge in [0.1, 0.15) is 0 Å². The highest BCUT2D eigenvalue weighted by molar-refractivity contribution is 5.76. The Morgan fingerprint density at radius 1 is 0.952 bits per heavy atom. The molecule has 0 heterocycles. The van der Waals surface area contributed by atoms with Crippen LogP contribution in [0.4, 0.5) is 0 Å². The third-order valence-corrected chi connectivity index (χ3v) is 6.11. The van der Waals surface area contributed by atoms with Crippen molar-refractivity contribution in [1.29, 1.82) is 0 Å². The topological polar surface area (TPSA) is 49.3 Å². The minimum atomic E-state index is 0.290. The third-order valence-electron chi connectivity index (χ3n) is 6.11. The molecule has 21 heavy (non-hydrogen) atoms. The molecule has 1 amide bonds. The number of hydrogen-bond acceptors (Lipinski definition) is 2. The van der Waals surface area contributed by atoms with Crippen molar-refractivity contribution in [2.24, 2.45) is 23.2 Å². The Morgan fingerprint density at radius 2 is 1.52 bits per heavy atom. The maximum absolute atomic E-state index is 12.3. The minimum Gasteiger partial charge on any atom is -0.396 e. The molecular formula is C18H31NO2. The smallest absolute Gasteiger partial charge is 0.220 e. The van der Waals surface area contributed by atoms with Crippen molar-refractivity contribution in [1.82, 2.24) is 5.32 Å². The van der Waals surface area contributed by atoms with Crippen LogP contribution in [0.15, 0.2) is 0 Å². The van der Waals surface area contributed by atoms with E-state index in [-0.39, 0.29) is 0 Å². The molecule has 0 aromatic carbocycles. The Hall–Kier alpha value is -0.570. The van der Waals surface area contributed by atoms with Gasteiger partial charge in [0, 0.05) is 19.6 Å². The second-order valence-corrected chi connectivity index (χ2v) is 8.08. The van der Waals surface area contributed by atoms with Crippen LogP contribution in [0.5, 0.6) is 0 Å². The molecule has 3 heteroatoms. The van der Waals surface area contributed by atoms with Crippen molar-refractivity contribution < 1.29 is 9.90 Å². The summed E-state index contributed by atoms with van der Waals surface area (Å²) in [6.07, 6.45) is 13.2. The first-order chi connectivity index (χ1) is 10.2. The number of nitrogens with one attached hydrogen (secondary N) is 1. The van der Waals surface area contributed by atoms with E-state index in [1.54, 1.807) is 0 Å². The van der Waals surface area contributed by atoms with E-state index < -0.39 is 0 Å². The lowest BCUT2D eigenvalue weighted by Gasteiger charge is -2.56. The molecule has 4 fully saturated rings. The highest BCUT2D eigenvalue weighted by Crippen LogP contribution is 2.61. The summed E-state index contributed by atoms with van der Waals surface area (Å²) in [7, 11) is 0. The zero-order valence-electron chi connectivity index (χ0n) is 13.3. The quantitative estimate of drug-likeness (QED) is 0.675. The van der Waals surface area contributed by atoms with Gasteiger partial charge in [0.15, 0.2) is 0 Å². The molecule has 0 spiro atoms. The summed E-state index contributed by atoms with van der Waals surface area (Å²) in [6, 6.07) is 0. The van der Waals surface area contributed by atoms with E-state index in [0.717, 1.165) is 56.4 Å². The first kappa shape index (κ1) is 15.3. The summed E-state index contributed by atoms with van der Waals surface area (Å²) in [4.78, 5) is 12.3. The fourth-order valence-electron chi connectivity index (χ4n) is 5.73. The molecule has 120 valence electrons. The molecule has 0 unspecified atom stereocenters. The summed E-state index contributed by atoms with van der Waals surface area (Å²) in [6.45, 7) is 1.11. The van der Waals surface area contributed by atoms with Crippen LogP contribution < -0.4 is 5.32 Å². The molecule has 4 rings (SSSR count). The lowest BCUT2D eigenvalue weighted by Crippen LogP contribution is -2.48. The van der Waals surface area contributed by atoms with Crippen LogP contribution in [0.25, 0.3) is 0 Å². The molecule has 0 aliphatic heterocycles. The van der Waals surface area contributed by atoms with Gasteiger partial charge in [-0.1, -0.05) is 12.8 Å². The number of carbonyl (C=O) groups is 1. The van der Waals surface area contributed by atoms with Crippen LogP contribution in [0.3, 0.4) is 0 Å². The molecule has 0 aromatic rings. The van der Waals surface area contributed by atoms with Gasteiger partial charge in [-0.05, 0) is 74.5 Å². The lowest BCUT2D eigenvalue weighted by atomic mass is 9.49. The fraction of sp³-hybridized carbons (Fsp3) is 0.944. The maximum atomic E-state index is 12.3. The Bertz CT molecular complexity index is 331. The van der Waals surface area contributed by atoms with Crippen molar-refractivity contribution in [2.45, 2.75) is 70.6 Å². The minimum absolute atomic E-state index is 0.290. The fourth-order valence-corrected chi connectivity index (χ4v) is 5.73.